The van der Waals surface area contributed by atoms with E-state index in [1.165, 1.54) is 24.1 Å². The molecule has 0 spiro atoms. The van der Waals surface area contributed by atoms with Gasteiger partial charge in [-0.1, -0.05) is 36.3 Å². The van der Waals surface area contributed by atoms with Crippen molar-refractivity contribution in [3.8, 4) is 18.1 Å². The van der Waals surface area contributed by atoms with E-state index in [2.05, 4.69) is 16.6 Å². The number of hydrogen-bond acceptors (Lipinski definition) is 5. The molecule has 8 heteroatoms. The molecule has 0 radical (unpaired) electrons. The molecule has 0 aliphatic carbocycles. The molecule has 2 rings (SSSR count). The van der Waals surface area contributed by atoms with Crippen molar-refractivity contribution in [1.82, 2.24) is 15.5 Å². The van der Waals surface area contributed by atoms with Gasteiger partial charge in [-0.05, 0) is 70.9 Å². The summed E-state index contributed by atoms with van der Waals surface area (Å²) in [5.74, 6) is 1.74. The molecular weight excluding hydrogens is 470 g/mol. The van der Waals surface area contributed by atoms with Crippen LogP contribution < -0.4 is 10.6 Å². The SMILES string of the molecule is C#Cc1ccccc1C(C(=O)NC(C)(C)C)N(C)C(=O)C(Cc1ccc(O)cc1)NC(=O)OC(C)(C)C. The van der Waals surface area contributed by atoms with Gasteiger partial charge in [-0.25, -0.2) is 4.79 Å². The van der Waals surface area contributed by atoms with Crippen LogP contribution in [-0.2, 0) is 20.7 Å². The second-order valence-corrected chi connectivity index (χ2v) is 10.9. The molecule has 0 bridgehead atoms. The number of phenolic OH excluding ortho intramolecular Hbond substituents is 1. The van der Waals surface area contributed by atoms with Gasteiger partial charge in [0.05, 0.1) is 0 Å². The second kappa shape index (κ2) is 11.8. The lowest BCUT2D eigenvalue weighted by atomic mass is 9.96. The highest BCUT2D eigenvalue weighted by atomic mass is 16.6. The van der Waals surface area contributed by atoms with Crippen molar-refractivity contribution < 1.29 is 24.2 Å². The Balaban J connectivity index is 2.49. The fourth-order valence-corrected chi connectivity index (χ4v) is 3.72. The van der Waals surface area contributed by atoms with Crippen molar-refractivity contribution >= 4 is 17.9 Å². The Kier molecular flexibility index (Phi) is 9.35. The number of amides is 3. The number of benzene rings is 2. The Morgan fingerprint density at radius 3 is 2.16 bits per heavy atom. The normalized spacial score (nSPS) is 13.0. The van der Waals surface area contributed by atoms with E-state index < -0.39 is 41.1 Å². The van der Waals surface area contributed by atoms with E-state index in [1.807, 2.05) is 20.8 Å². The zero-order valence-electron chi connectivity index (χ0n) is 22.6. The summed E-state index contributed by atoms with van der Waals surface area (Å²) in [5, 5.41) is 15.2. The van der Waals surface area contributed by atoms with Crippen molar-refractivity contribution in [3.05, 3.63) is 65.2 Å². The standard InChI is InChI=1S/C29H37N3O5/c1-9-20-12-10-11-13-22(20)24(25(34)31-28(2,3)4)32(8)26(35)23(30-27(36)37-29(5,6)7)18-19-14-16-21(33)17-15-19/h1,10-17,23-24,33H,18H2,2-8H3,(H,30,36)(H,31,34). The third kappa shape index (κ3) is 8.87. The summed E-state index contributed by atoms with van der Waals surface area (Å²) in [6.45, 7) is 10.7. The number of likely N-dealkylation sites (N-methyl/N-ethyl adjacent to an activating group) is 1. The Labute approximate surface area is 219 Å². The van der Waals surface area contributed by atoms with Crippen molar-refractivity contribution in [2.75, 3.05) is 7.05 Å². The van der Waals surface area contributed by atoms with E-state index in [0.717, 1.165) is 0 Å². The molecule has 0 aliphatic heterocycles. The lowest BCUT2D eigenvalue weighted by Gasteiger charge is -2.34. The van der Waals surface area contributed by atoms with Crippen molar-refractivity contribution in [1.29, 1.82) is 0 Å². The van der Waals surface area contributed by atoms with Crippen LogP contribution in [0.15, 0.2) is 48.5 Å². The highest BCUT2D eigenvalue weighted by Crippen LogP contribution is 2.26. The highest BCUT2D eigenvalue weighted by Gasteiger charge is 2.36. The number of rotatable bonds is 7. The van der Waals surface area contributed by atoms with Crippen LogP contribution in [0.4, 0.5) is 4.79 Å². The summed E-state index contributed by atoms with van der Waals surface area (Å²) < 4.78 is 5.38. The minimum Gasteiger partial charge on any atom is -0.508 e. The minimum absolute atomic E-state index is 0.0775. The quantitative estimate of drug-likeness (QED) is 0.493. The van der Waals surface area contributed by atoms with Gasteiger partial charge in [-0.2, -0.15) is 0 Å². The van der Waals surface area contributed by atoms with Gasteiger partial charge in [0.1, 0.15) is 23.4 Å². The first kappa shape index (κ1) is 29.2. The van der Waals surface area contributed by atoms with E-state index in [-0.39, 0.29) is 12.2 Å². The number of nitrogens with zero attached hydrogens (tertiary/aromatic N) is 1. The number of carbonyl (C=O) groups excluding carboxylic acids is 3. The first-order valence-electron chi connectivity index (χ1n) is 12.0. The first-order chi connectivity index (χ1) is 17.1. The fraction of sp³-hybridized carbons (Fsp3) is 0.414. The Morgan fingerprint density at radius 2 is 1.62 bits per heavy atom. The molecule has 2 atom stereocenters. The van der Waals surface area contributed by atoms with E-state index >= 15 is 0 Å². The van der Waals surface area contributed by atoms with Crippen LogP contribution in [0.1, 0.15) is 64.3 Å². The van der Waals surface area contributed by atoms with Gasteiger partial charge < -0.3 is 25.4 Å². The van der Waals surface area contributed by atoms with Crippen molar-refractivity contribution in [2.24, 2.45) is 0 Å². The molecule has 3 amide bonds. The Morgan fingerprint density at radius 1 is 1.03 bits per heavy atom. The molecule has 2 unspecified atom stereocenters. The number of nitrogens with one attached hydrogen (secondary N) is 2. The molecule has 0 aromatic heterocycles. The monoisotopic (exact) mass is 507 g/mol. The maximum atomic E-state index is 13.9. The fourth-order valence-electron chi connectivity index (χ4n) is 3.72. The van der Waals surface area contributed by atoms with E-state index in [0.29, 0.717) is 16.7 Å². The summed E-state index contributed by atoms with van der Waals surface area (Å²) in [5.41, 5.74) is 0.322. The lowest BCUT2D eigenvalue weighted by Crippen LogP contribution is -2.54. The van der Waals surface area contributed by atoms with Gasteiger partial charge in [0.15, 0.2) is 0 Å². The van der Waals surface area contributed by atoms with Gasteiger partial charge in [-0.3, -0.25) is 9.59 Å². The largest absolute Gasteiger partial charge is 0.508 e. The summed E-state index contributed by atoms with van der Waals surface area (Å²) in [4.78, 5) is 41.3. The zero-order chi connectivity index (χ0) is 28.0. The molecule has 37 heavy (non-hydrogen) atoms. The number of ether oxygens (including phenoxy) is 1. The van der Waals surface area contributed by atoms with E-state index in [9.17, 15) is 19.5 Å². The number of carbonyl (C=O) groups is 3. The van der Waals surface area contributed by atoms with Crippen LogP contribution in [0, 0.1) is 12.3 Å². The second-order valence-electron chi connectivity index (χ2n) is 10.9. The van der Waals surface area contributed by atoms with Crippen LogP contribution in [0.25, 0.3) is 0 Å². The highest BCUT2D eigenvalue weighted by molar-refractivity contribution is 5.92. The first-order valence-corrected chi connectivity index (χ1v) is 12.0. The molecule has 198 valence electrons. The Hall–Kier alpha value is -3.99. The number of aromatic hydroxyl groups is 1. The lowest BCUT2D eigenvalue weighted by molar-refractivity contribution is -0.141. The molecule has 0 saturated heterocycles. The molecular formula is C29H37N3O5. The Bertz CT molecular complexity index is 1150. The number of alkyl carbamates (subject to hydrolysis) is 1. The molecule has 2 aromatic rings. The number of terminal acetylenes is 1. The van der Waals surface area contributed by atoms with Crippen LogP contribution in [0.5, 0.6) is 5.75 Å². The zero-order valence-corrected chi connectivity index (χ0v) is 22.6. The molecule has 0 saturated carbocycles. The summed E-state index contributed by atoms with van der Waals surface area (Å²) in [6, 6.07) is 11.1. The van der Waals surface area contributed by atoms with E-state index in [1.54, 1.807) is 57.2 Å². The van der Waals surface area contributed by atoms with Gasteiger partial charge in [0.2, 0.25) is 11.8 Å². The van der Waals surface area contributed by atoms with Crippen LogP contribution in [-0.4, -0.2) is 52.1 Å². The predicted molar refractivity (Wildman–Crippen MR) is 143 cm³/mol. The molecule has 0 aliphatic rings. The van der Waals surface area contributed by atoms with Gasteiger partial charge >= 0.3 is 6.09 Å². The third-order valence-corrected chi connectivity index (χ3v) is 5.26. The molecule has 0 fully saturated rings. The smallest absolute Gasteiger partial charge is 0.408 e. The van der Waals surface area contributed by atoms with Crippen molar-refractivity contribution in [2.45, 2.75) is 71.2 Å². The minimum atomic E-state index is -1.06. The average Bonchev–Trinajstić information content (AvgIpc) is 2.77. The van der Waals surface area contributed by atoms with Crippen molar-refractivity contribution in [3.63, 3.8) is 0 Å². The van der Waals surface area contributed by atoms with Gasteiger partial charge in [0.25, 0.3) is 0 Å². The average molecular weight is 508 g/mol. The van der Waals surface area contributed by atoms with Crippen LogP contribution in [0.2, 0.25) is 0 Å². The molecule has 3 N–H and O–H groups in total. The maximum Gasteiger partial charge on any atom is 0.408 e. The van der Waals surface area contributed by atoms with Crippen LogP contribution >= 0.6 is 0 Å². The van der Waals surface area contributed by atoms with Gasteiger partial charge in [-0.15, -0.1) is 6.42 Å². The summed E-state index contributed by atoms with van der Waals surface area (Å²) in [6.07, 6.45) is 5.05. The maximum absolute atomic E-state index is 13.9. The third-order valence-electron chi connectivity index (χ3n) is 5.26. The molecule has 2 aromatic carbocycles. The summed E-state index contributed by atoms with van der Waals surface area (Å²) >= 11 is 0. The summed E-state index contributed by atoms with van der Waals surface area (Å²) in [7, 11) is 1.50. The topological polar surface area (TPSA) is 108 Å². The van der Waals surface area contributed by atoms with E-state index in [4.69, 9.17) is 11.2 Å². The number of phenols is 1. The van der Waals surface area contributed by atoms with Gasteiger partial charge in [0, 0.05) is 24.6 Å². The predicted octanol–water partition coefficient (Wildman–Crippen LogP) is 3.92. The van der Waals surface area contributed by atoms with Crippen LogP contribution in [0.3, 0.4) is 0 Å². The number of hydrogen-bond donors (Lipinski definition) is 3. The molecule has 0 heterocycles. The molecule has 8 nitrogen and oxygen atoms in total.